The molecule has 0 unspecified atom stereocenters. The minimum absolute atomic E-state index is 0.119. The first-order valence-corrected chi connectivity index (χ1v) is 9.35. The van der Waals surface area contributed by atoms with E-state index in [1.807, 2.05) is 0 Å². The van der Waals surface area contributed by atoms with E-state index in [9.17, 15) is 22.8 Å². The van der Waals surface area contributed by atoms with Crippen molar-refractivity contribution in [2.45, 2.75) is 12.7 Å². The summed E-state index contributed by atoms with van der Waals surface area (Å²) in [5.41, 5.74) is 0.381. The number of amides is 3. The molecule has 0 aromatic heterocycles. The van der Waals surface area contributed by atoms with Gasteiger partial charge in [-0.05, 0) is 42.0 Å². The van der Waals surface area contributed by atoms with E-state index in [0.29, 0.717) is 42.3 Å². The van der Waals surface area contributed by atoms with Crippen LogP contribution < -0.4 is 5.32 Å². The summed E-state index contributed by atoms with van der Waals surface area (Å²) in [4.78, 5) is 28.0. The van der Waals surface area contributed by atoms with Gasteiger partial charge in [-0.1, -0.05) is 23.7 Å². The molecule has 0 radical (unpaired) electrons. The number of nitrogens with zero attached hydrogens (tertiary/aromatic N) is 2. The van der Waals surface area contributed by atoms with Gasteiger partial charge in [0.05, 0.1) is 5.56 Å². The van der Waals surface area contributed by atoms with Gasteiger partial charge >= 0.3 is 12.2 Å². The number of carbonyl (C=O) groups is 2. The molecule has 5 nitrogen and oxygen atoms in total. The van der Waals surface area contributed by atoms with Crippen molar-refractivity contribution in [1.82, 2.24) is 15.1 Å². The number of nitrogens with one attached hydrogen (secondary N) is 1. The number of piperazine rings is 1. The van der Waals surface area contributed by atoms with Crippen molar-refractivity contribution in [2.75, 3.05) is 26.2 Å². The molecular weight excluding hydrogens is 407 g/mol. The number of rotatable bonds is 3. The SMILES string of the molecule is O=C(NCc1ccc(C(F)(F)F)cc1)N1CCN(C(=O)c2ccc(Cl)cc2)CC1. The van der Waals surface area contributed by atoms with Crippen molar-refractivity contribution < 1.29 is 22.8 Å². The van der Waals surface area contributed by atoms with E-state index in [4.69, 9.17) is 11.6 Å². The van der Waals surface area contributed by atoms with Gasteiger partial charge < -0.3 is 15.1 Å². The van der Waals surface area contributed by atoms with E-state index < -0.39 is 11.7 Å². The second kappa shape index (κ2) is 8.73. The molecule has 1 aliphatic heterocycles. The second-order valence-corrected chi connectivity index (χ2v) is 7.08. The van der Waals surface area contributed by atoms with E-state index in [2.05, 4.69) is 5.32 Å². The largest absolute Gasteiger partial charge is 0.416 e. The highest BCUT2D eigenvalue weighted by molar-refractivity contribution is 6.30. The minimum atomic E-state index is -4.38. The molecule has 0 atom stereocenters. The monoisotopic (exact) mass is 425 g/mol. The zero-order chi connectivity index (χ0) is 21.0. The molecule has 1 N–H and O–H groups in total. The van der Waals surface area contributed by atoms with Gasteiger partial charge in [-0.15, -0.1) is 0 Å². The fraction of sp³-hybridized carbons (Fsp3) is 0.300. The van der Waals surface area contributed by atoms with Gasteiger partial charge in [0.15, 0.2) is 0 Å². The zero-order valence-electron chi connectivity index (χ0n) is 15.4. The predicted molar refractivity (Wildman–Crippen MR) is 103 cm³/mol. The average molecular weight is 426 g/mol. The Balaban J connectivity index is 1.47. The Hall–Kier alpha value is -2.74. The van der Waals surface area contributed by atoms with Crippen molar-refractivity contribution in [1.29, 1.82) is 0 Å². The Morgan fingerprint density at radius 2 is 1.45 bits per heavy atom. The van der Waals surface area contributed by atoms with Gasteiger partial charge in [-0.25, -0.2) is 4.79 Å². The molecule has 154 valence electrons. The number of alkyl halides is 3. The summed E-state index contributed by atoms with van der Waals surface area (Å²) in [5.74, 6) is -0.119. The molecule has 29 heavy (non-hydrogen) atoms. The van der Waals surface area contributed by atoms with Crippen LogP contribution in [0.25, 0.3) is 0 Å². The van der Waals surface area contributed by atoms with E-state index in [0.717, 1.165) is 12.1 Å². The Bertz CT molecular complexity index is 862. The molecule has 1 fully saturated rings. The third-order valence-corrected chi connectivity index (χ3v) is 4.92. The van der Waals surface area contributed by atoms with Crippen LogP contribution >= 0.6 is 11.6 Å². The zero-order valence-corrected chi connectivity index (χ0v) is 16.1. The van der Waals surface area contributed by atoms with Gasteiger partial charge in [0.2, 0.25) is 0 Å². The quantitative estimate of drug-likeness (QED) is 0.807. The van der Waals surface area contributed by atoms with Gasteiger partial charge in [0.1, 0.15) is 0 Å². The lowest BCUT2D eigenvalue weighted by molar-refractivity contribution is -0.137. The van der Waals surface area contributed by atoms with Crippen LogP contribution in [0.2, 0.25) is 5.02 Å². The van der Waals surface area contributed by atoms with Crippen LogP contribution in [-0.4, -0.2) is 47.9 Å². The van der Waals surface area contributed by atoms with E-state index in [1.165, 1.54) is 12.1 Å². The van der Waals surface area contributed by atoms with E-state index in [-0.39, 0.29) is 18.5 Å². The number of urea groups is 1. The first kappa shape index (κ1) is 21.0. The maximum atomic E-state index is 12.6. The highest BCUT2D eigenvalue weighted by atomic mass is 35.5. The van der Waals surface area contributed by atoms with Crippen LogP contribution in [-0.2, 0) is 12.7 Å². The lowest BCUT2D eigenvalue weighted by Crippen LogP contribution is -2.53. The standard InChI is InChI=1S/C20H19ClF3N3O2/c21-17-7-3-15(4-8-17)18(28)26-9-11-27(12-10-26)19(29)25-13-14-1-5-16(6-2-14)20(22,23)24/h1-8H,9-13H2,(H,25,29). The Kier molecular flexibility index (Phi) is 6.32. The number of benzene rings is 2. The highest BCUT2D eigenvalue weighted by Gasteiger charge is 2.30. The Morgan fingerprint density at radius 3 is 2.00 bits per heavy atom. The molecule has 2 aromatic rings. The lowest BCUT2D eigenvalue weighted by atomic mass is 10.1. The third-order valence-electron chi connectivity index (χ3n) is 4.67. The molecule has 3 rings (SSSR count). The van der Waals surface area contributed by atoms with Crippen molar-refractivity contribution in [3.8, 4) is 0 Å². The summed E-state index contributed by atoms with van der Waals surface area (Å²) in [7, 11) is 0. The number of halogens is 4. The second-order valence-electron chi connectivity index (χ2n) is 6.64. The van der Waals surface area contributed by atoms with Crippen molar-refractivity contribution in [3.63, 3.8) is 0 Å². The Morgan fingerprint density at radius 1 is 0.897 bits per heavy atom. The van der Waals surface area contributed by atoms with Gasteiger partial charge in [-0.3, -0.25) is 4.79 Å². The maximum Gasteiger partial charge on any atom is 0.416 e. The summed E-state index contributed by atoms with van der Waals surface area (Å²) in [6.07, 6.45) is -4.38. The predicted octanol–water partition coefficient (Wildman–Crippen LogP) is 4.03. The molecule has 0 aliphatic carbocycles. The summed E-state index contributed by atoms with van der Waals surface area (Å²) >= 11 is 5.83. The molecule has 0 spiro atoms. The number of carbonyl (C=O) groups excluding carboxylic acids is 2. The van der Waals surface area contributed by atoms with Crippen LogP contribution in [0.4, 0.5) is 18.0 Å². The smallest absolute Gasteiger partial charge is 0.335 e. The van der Waals surface area contributed by atoms with Gasteiger partial charge in [-0.2, -0.15) is 13.2 Å². The lowest BCUT2D eigenvalue weighted by Gasteiger charge is -2.34. The highest BCUT2D eigenvalue weighted by Crippen LogP contribution is 2.29. The van der Waals surface area contributed by atoms with Crippen LogP contribution in [0, 0.1) is 0 Å². The minimum Gasteiger partial charge on any atom is -0.335 e. The molecule has 2 aromatic carbocycles. The van der Waals surface area contributed by atoms with Crippen molar-refractivity contribution in [2.24, 2.45) is 0 Å². The molecule has 1 saturated heterocycles. The number of hydrogen-bond donors (Lipinski definition) is 1. The van der Waals surface area contributed by atoms with E-state index >= 15 is 0 Å². The maximum absolute atomic E-state index is 12.6. The average Bonchev–Trinajstić information content (AvgIpc) is 2.72. The molecule has 9 heteroatoms. The normalized spacial score (nSPS) is 14.6. The van der Waals surface area contributed by atoms with Crippen LogP contribution in [0.5, 0.6) is 0 Å². The summed E-state index contributed by atoms with van der Waals surface area (Å²) in [6.45, 7) is 1.67. The first-order valence-electron chi connectivity index (χ1n) is 8.98. The number of hydrogen-bond acceptors (Lipinski definition) is 2. The van der Waals surface area contributed by atoms with Gasteiger partial charge in [0, 0.05) is 43.3 Å². The first-order chi connectivity index (χ1) is 13.7. The van der Waals surface area contributed by atoms with E-state index in [1.54, 1.807) is 34.1 Å². The fourth-order valence-corrected chi connectivity index (χ4v) is 3.11. The Labute approximate surface area is 171 Å². The summed E-state index contributed by atoms with van der Waals surface area (Å²) < 4.78 is 37.7. The topological polar surface area (TPSA) is 52.7 Å². The summed E-state index contributed by atoms with van der Waals surface area (Å²) in [6, 6.07) is 11.0. The molecule has 3 amide bonds. The van der Waals surface area contributed by atoms with Crippen molar-refractivity contribution in [3.05, 3.63) is 70.2 Å². The third kappa shape index (κ3) is 5.41. The van der Waals surface area contributed by atoms with Crippen molar-refractivity contribution >= 4 is 23.5 Å². The molecule has 1 aliphatic rings. The van der Waals surface area contributed by atoms with Crippen LogP contribution in [0.1, 0.15) is 21.5 Å². The van der Waals surface area contributed by atoms with Crippen LogP contribution in [0.15, 0.2) is 48.5 Å². The van der Waals surface area contributed by atoms with Crippen LogP contribution in [0.3, 0.4) is 0 Å². The fourth-order valence-electron chi connectivity index (χ4n) is 2.99. The molecule has 1 heterocycles. The molecule has 0 bridgehead atoms. The molecule has 0 saturated carbocycles. The van der Waals surface area contributed by atoms with Gasteiger partial charge in [0.25, 0.3) is 5.91 Å². The summed E-state index contributed by atoms with van der Waals surface area (Å²) in [5, 5.41) is 3.25. The molecular formula is C20H19ClF3N3O2.